The van der Waals surface area contributed by atoms with Crippen LogP contribution in [0.4, 0.5) is 8.78 Å². The molecule has 2 aromatic carbocycles. The molecule has 1 amide bonds. The van der Waals surface area contributed by atoms with Crippen LogP contribution in [0.2, 0.25) is 0 Å². The van der Waals surface area contributed by atoms with Crippen molar-refractivity contribution in [2.45, 2.75) is 32.5 Å². The van der Waals surface area contributed by atoms with Gasteiger partial charge in [-0.1, -0.05) is 24.3 Å². The first-order chi connectivity index (χ1) is 12.0. The van der Waals surface area contributed by atoms with E-state index < -0.39 is 11.6 Å². The minimum Gasteiger partial charge on any atom is -0.372 e. The molecule has 1 aliphatic heterocycles. The molecule has 0 aliphatic carbocycles. The summed E-state index contributed by atoms with van der Waals surface area (Å²) >= 11 is 0. The fraction of sp³-hybridized carbons (Fsp3) is 0.350. The zero-order valence-corrected chi connectivity index (χ0v) is 14.2. The van der Waals surface area contributed by atoms with Gasteiger partial charge in [0.05, 0.1) is 12.7 Å². The fourth-order valence-electron chi connectivity index (χ4n) is 3.09. The van der Waals surface area contributed by atoms with Gasteiger partial charge in [0.15, 0.2) is 11.6 Å². The number of benzene rings is 2. The molecule has 1 aliphatic rings. The molecule has 0 N–H and O–H groups in total. The summed E-state index contributed by atoms with van der Waals surface area (Å²) in [6.07, 6.45) is 1.61. The van der Waals surface area contributed by atoms with Crippen LogP contribution >= 0.6 is 0 Å². The van der Waals surface area contributed by atoms with Gasteiger partial charge in [-0.15, -0.1) is 0 Å². The maximum absolute atomic E-state index is 13.3. The monoisotopic (exact) mass is 345 g/mol. The maximum Gasteiger partial charge on any atom is 0.254 e. The molecule has 25 heavy (non-hydrogen) atoms. The molecule has 0 bridgehead atoms. The number of hydrogen-bond donors (Lipinski definition) is 0. The topological polar surface area (TPSA) is 29.5 Å². The summed E-state index contributed by atoms with van der Waals surface area (Å²) in [6, 6.07) is 11.3. The molecule has 1 atom stereocenters. The van der Waals surface area contributed by atoms with Crippen molar-refractivity contribution in [1.82, 2.24) is 4.90 Å². The van der Waals surface area contributed by atoms with Gasteiger partial charge in [0.2, 0.25) is 0 Å². The Labute approximate surface area is 146 Å². The molecule has 2 aromatic rings. The van der Waals surface area contributed by atoms with Crippen molar-refractivity contribution in [2.24, 2.45) is 0 Å². The largest absolute Gasteiger partial charge is 0.372 e. The molecule has 1 fully saturated rings. The van der Waals surface area contributed by atoms with Gasteiger partial charge >= 0.3 is 0 Å². The Kier molecular flexibility index (Phi) is 5.43. The van der Waals surface area contributed by atoms with E-state index >= 15 is 0 Å². The second-order valence-electron chi connectivity index (χ2n) is 6.39. The van der Waals surface area contributed by atoms with Crippen molar-refractivity contribution >= 4 is 5.91 Å². The van der Waals surface area contributed by atoms with Crippen LogP contribution in [0.3, 0.4) is 0 Å². The fourth-order valence-corrected chi connectivity index (χ4v) is 3.09. The lowest BCUT2D eigenvalue weighted by Gasteiger charge is -2.33. The standard InChI is InChI=1S/C20H21F2NO2/c1-14-5-2-3-7-17(14)20(24)23-10-4-6-16(12-23)25-13-15-8-9-18(21)19(22)11-15/h2-3,5,7-9,11,16H,4,6,10,12-13H2,1H3/t16-/m1/s1. The molecule has 0 unspecified atom stereocenters. The smallest absolute Gasteiger partial charge is 0.254 e. The number of likely N-dealkylation sites (tertiary alicyclic amines) is 1. The highest BCUT2D eigenvalue weighted by Crippen LogP contribution is 2.19. The number of carbonyl (C=O) groups is 1. The van der Waals surface area contributed by atoms with Crippen molar-refractivity contribution in [3.8, 4) is 0 Å². The summed E-state index contributed by atoms with van der Waals surface area (Å²) in [6.45, 7) is 3.34. The second kappa shape index (κ2) is 7.74. The number of carbonyl (C=O) groups excluding carboxylic acids is 1. The van der Waals surface area contributed by atoms with Crippen LogP contribution in [0, 0.1) is 18.6 Å². The van der Waals surface area contributed by atoms with Crippen molar-refractivity contribution in [2.75, 3.05) is 13.1 Å². The predicted molar refractivity (Wildman–Crippen MR) is 91.3 cm³/mol. The van der Waals surface area contributed by atoms with Gasteiger partial charge in [0.25, 0.3) is 5.91 Å². The molecule has 1 heterocycles. The Morgan fingerprint density at radius 2 is 2.00 bits per heavy atom. The molecule has 0 saturated carbocycles. The highest BCUT2D eigenvalue weighted by molar-refractivity contribution is 5.95. The molecular weight excluding hydrogens is 324 g/mol. The Bertz CT molecular complexity index is 763. The third-order valence-electron chi connectivity index (χ3n) is 4.51. The Morgan fingerprint density at radius 3 is 2.76 bits per heavy atom. The summed E-state index contributed by atoms with van der Waals surface area (Å²) in [5.74, 6) is -1.73. The first-order valence-corrected chi connectivity index (χ1v) is 8.45. The lowest BCUT2D eigenvalue weighted by atomic mass is 10.0. The average Bonchev–Trinajstić information content (AvgIpc) is 2.63. The van der Waals surface area contributed by atoms with E-state index in [1.807, 2.05) is 36.1 Å². The molecule has 0 spiro atoms. The van der Waals surface area contributed by atoms with Crippen LogP contribution < -0.4 is 0 Å². The van der Waals surface area contributed by atoms with Gasteiger partial charge in [-0.2, -0.15) is 0 Å². The summed E-state index contributed by atoms with van der Waals surface area (Å²) in [5.41, 5.74) is 2.25. The third-order valence-corrected chi connectivity index (χ3v) is 4.51. The van der Waals surface area contributed by atoms with Gasteiger partial charge < -0.3 is 9.64 Å². The van der Waals surface area contributed by atoms with E-state index in [0.717, 1.165) is 30.5 Å². The van der Waals surface area contributed by atoms with Gasteiger partial charge in [-0.25, -0.2) is 8.78 Å². The average molecular weight is 345 g/mol. The minimum absolute atomic E-state index is 0.0132. The van der Waals surface area contributed by atoms with Crippen LogP contribution in [0.15, 0.2) is 42.5 Å². The van der Waals surface area contributed by atoms with Crippen molar-refractivity contribution in [3.05, 3.63) is 70.8 Å². The first kappa shape index (κ1) is 17.5. The van der Waals surface area contributed by atoms with E-state index in [4.69, 9.17) is 4.74 Å². The molecule has 132 valence electrons. The van der Waals surface area contributed by atoms with E-state index in [-0.39, 0.29) is 18.6 Å². The van der Waals surface area contributed by atoms with Gasteiger partial charge in [-0.3, -0.25) is 4.79 Å². The first-order valence-electron chi connectivity index (χ1n) is 8.45. The zero-order chi connectivity index (χ0) is 17.8. The molecule has 3 nitrogen and oxygen atoms in total. The maximum atomic E-state index is 13.3. The normalized spacial score (nSPS) is 17.6. The van der Waals surface area contributed by atoms with Crippen LogP contribution in [0.5, 0.6) is 0 Å². The van der Waals surface area contributed by atoms with Crippen LogP contribution in [-0.4, -0.2) is 30.0 Å². The molecule has 0 aromatic heterocycles. The summed E-state index contributed by atoms with van der Waals surface area (Å²) < 4.78 is 32.0. The number of ether oxygens (including phenoxy) is 1. The van der Waals surface area contributed by atoms with Crippen molar-refractivity contribution < 1.29 is 18.3 Å². The van der Waals surface area contributed by atoms with Crippen molar-refractivity contribution in [3.63, 3.8) is 0 Å². The molecule has 1 saturated heterocycles. The van der Waals surface area contributed by atoms with E-state index in [0.29, 0.717) is 24.2 Å². The molecule has 0 radical (unpaired) electrons. The van der Waals surface area contributed by atoms with E-state index in [2.05, 4.69) is 0 Å². The zero-order valence-electron chi connectivity index (χ0n) is 14.2. The number of halogens is 2. The van der Waals surface area contributed by atoms with Gasteiger partial charge in [0, 0.05) is 18.7 Å². The van der Waals surface area contributed by atoms with Gasteiger partial charge in [0.1, 0.15) is 0 Å². The van der Waals surface area contributed by atoms with Crippen LogP contribution in [0.25, 0.3) is 0 Å². The highest BCUT2D eigenvalue weighted by atomic mass is 19.2. The lowest BCUT2D eigenvalue weighted by Crippen LogP contribution is -2.43. The summed E-state index contributed by atoms with van der Waals surface area (Å²) in [7, 11) is 0. The van der Waals surface area contributed by atoms with Gasteiger partial charge in [-0.05, 0) is 49.1 Å². The Hall–Kier alpha value is -2.27. The van der Waals surface area contributed by atoms with Crippen LogP contribution in [0.1, 0.15) is 34.3 Å². The quantitative estimate of drug-likeness (QED) is 0.835. The number of rotatable bonds is 4. The van der Waals surface area contributed by atoms with E-state index in [1.54, 1.807) is 0 Å². The van der Waals surface area contributed by atoms with Crippen molar-refractivity contribution in [1.29, 1.82) is 0 Å². The Morgan fingerprint density at radius 1 is 1.20 bits per heavy atom. The second-order valence-corrected chi connectivity index (χ2v) is 6.39. The molecular formula is C20H21F2NO2. The SMILES string of the molecule is Cc1ccccc1C(=O)N1CCC[C@@H](OCc2ccc(F)c(F)c2)C1. The third kappa shape index (κ3) is 4.23. The number of aryl methyl sites for hydroxylation is 1. The van der Waals surface area contributed by atoms with Crippen LogP contribution in [-0.2, 0) is 11.3 Å². The number of amides is 1. The molecule has 3 rings (SSSR count). The highest BCUT2D eigenvalue weighted by Gasteiger charge is 2.25. The summed E-state index contributed by atoms with van der Waals surface area (Å²) in [4.78, 5) is 14.5. The summed E-state index contributed by atoms with van der Waals surface area (Å²) in [5, 5.41) is 0. The number of nitrogens with zero attached hydrogens (tertiary/aromatic N) is 1. The predicted octanol–water partition coefficient (Wildman–Crippen LogP) is 4.09. The lowest BCUT2D eigenvalue weighted by molar-refractivity contribution is -0.00684. The van der Waals surface area contributed by atoms with E-state index in [9.17, 15) is 13.6 Å². The van der Waals surface area contributed by atoms with E-state index in [1.165, 1.54) is 6.07 Å². The number of hydrogen-bond acceptors (Lipinski definition) is 2. The Balaban J connectivity index is 1.60. The molecule has 5 heteroatoms. The minimum atomic E-state index is -0.874. The number of piperidine rings is 1.